The molecular formula is C18H23N5O3. The van der Waals surface area contributed by atoms with Crippen LogP contribution in [0.25, 0.3) is 0 Å². The van der Waals surface area contributed by atoms with Crippen molar-refractivity contribution < 1.29 is 14.3 Å². The molecule has 2 aromatic rings. The Hall–Kier alpha value is -2.90. The fraction of sp³-hybridized carbons (Fsp3) is 0.444. The summed E-state index contributed by atoms with van der Waals surface area (Å²) < 4.78 is 10.2. The number of ether oxygens (including phenoxy) is 2. The Morgan fingerprint density at radius 1 is 1.19 bits per heavy atom. The Bertz CT molecular complexity index is 789. The minimum Gasteiger partial charge on any atom is -0.481 e. The molecule has 0 bridgehead atoms. The fourth-order valence-electron chi connectivity index (χ4n) is 3.11. The molecule has 0 aliphatic carbocycles. The van der Waals surface area contributed by atoms with E-state index in [1.807, 2.05) is 26.1 Å². The predicted octanol–water partition coefficient (Wildman–Crippen LogP) is 1.87. The van der Waals surface area contributed by atoms with Crippen molar-refractivity contribution in [3.63, 3.8) is 0 Å². The molecule has 0 unspecified atom stereocenters. The number of rotatable bonds is 5. The second kappa shape index (κ2) is 7.55. The van der Waals surface area contributed by atoms with Gasteiger partial charge in [0.1, 0.15) is 5.69 Å². The maximum Gasteiger partial charge on any atom is 0.320 e. The third-order valence-electron chi connectivity index (χ3n) is 4.45. The van der Waals surface area contributed by atoms with Crippen LogP contribution >= 0.6 is 0 Å². The van der Waals surface area contributed by atoms with Gasteiger partial charge in [-0.15, -0.1) is 0 Å². The van der Waals surface area contributed by atoms with E-state index in [0.717, 1.165) is 23.5 Å². The molecule has 0 saturated carbocycles. The average Bonchev–Trinajstić information content (AvgIpc) is 3.16. The number of carbonyl (C=O) groups is 1. The largest absolute Gasteiger partial charge is 0.481 e. The number of nitrogens with one attached hydrogen (secondary N) is 1. The molecule has 3 rings (SSSR count). The van der Waals surface area contributed by atoms with Crippen LogP contribution in [0.4, 0.5) is 5.69 Å². The topological polar surface area (TPSA) is 89.5 Å². The van der Waals surface area contributed by atoms with Gasteiger partial charge in [0.25, 0.3) is 5.91 Å². The van der Waals surface area contributed by atoms with Crippen LogP contribution < -0.4 is 14.8 Å². The molecule has 1 aliphatic rings. The molecule has 2 aromatic heterocycles. The lowest BCUT2D eigenvalue weighted by Gasteiger charge is -2.17. The molecule has 1 aliphatic heterocycles. The third-order valence-corrected chi connectivity index (χ3v) is 4.45. The Kier molecular flexibility index (Phi) is 5.20. The van der Waals surface area contributed by atoms with Gasteiger partial charge in [-0.05, 0) is 25.5 Å². The molecule has 0 spiro atoms. The van der Waals surface area contributed by atoms with E-state index in [4.69, 9.17) is 9.47 Å². The monoisotopic (exact) mass is 357 g/mol. The first kappa shape index (κ1) is 17.9. The van der Waals surface area contributed by atoms with E-state index in [2.05, 4.69) is 20.3 Å². The number of amides is 1. The summed E-state index contributed by atoms with van der Waals surface area (Å²) in [5, 5.41) is 3.15. The number of methoxy groups -OCH3 is 2. The van der Waals surface area contributed by atoms with Crippen molar-refractivity contribution in [1.82, 2.24) is 19.9 Å². The van der Waals surface area contributed by atoms with Crippen LogP contribution in [0.1, 0.15) is 34.2 Å². The minimum atomic E-state index is -0.159. The zero-order chi connectivity index (χ0) is 18.7. The van der Waals surface area contributed by atoms with Crippen LogP contribution in [0.3, 0.4) is 0 Å². The highest BCUT2D eigenvalue weighted by atomic mass is 16.5. The first-order valence-corrected chi connectivity index (χ1v) is 8.46. The Morgan fingerprint density at radius 2 is 2.00 bits per heavy atom. The van der Waals surface area contributed by atoms with E-state index in [0.29, 0.717) is 19.0 Å². The number of hydrogen-bond acceptors (Lipinski definition) is 7. The molecule has 8 nitrogen and oxygen atoms in total. The average molecular weight is 357 g/mol. The van der Waals surface area contributed by atoms with Crippen LogP contribution in [0.5, 0.6) is 11.9 Å². The van der Waals surface area contributed by atoms with Gasteiger partial charge in [-0.1, -0.05) is 0 Å². The molecule has 0 aromatic carbocycles. The number of anilines is 1. The van der Waals surface area contributed by atoms with Crippen molar-refractivity contribution in [3.8, 4) is 11.9 Å². The maximum absolute atomic E-state index is 12.8. The van der Waals surface area contributed by atoms with Crippen molar-refractivity contribution in [2.45, 2.75) is 19.3 Å². The minimum absolute atomic E-state index is 0.113. The molecule has 1 atom stereocenters. The predicted molar refractivity (Wildman–Crippen MR) is 96.9 cm³/mol. The molecule has 1 amide bonds. The number of carbonyl (C=O) groups excluding carboxylic acids is 1. The van der Waals surface area contributed by atoms with Crippen LogP contribution in [-0.2, 0) is 0 Å². The Labute approximate surface area is 152 Å². The van der Waals surface area contributed by atoms with E-state index in [-0.39, 0.29) is 23.5 Å². The van der Waals surface area contributed by atoms with E-state index < -0.39 is 0 Å². The Balaban J connectivity index is 1.78. The van der Waals surface area contributed by atoms with Crippen molar-refractivity contribution in [2.75, 3.05) is 39.7 Å². The van der Waals surface area contributed by atoms with Crippen LogP contribution in [0.15, 0.2) is 18.2 Å². The molecule has 1 fully saturated rings. The van der Waals surface area contributed by atoms with E-state index in [1.165, 1.54) is 20.3 Å². The van der Waals surface area contributed by atoms with Gasteiger partial charge in [0, 0.05) is 49.2 Å². The number of aryl methyl sites for hydroxylation is 1. The molecule has 138 valence electrons. The van der Waals surface area contributed by atoms with Gasteiger partial charge in [-0.3, -0.25) is 9.78 Å². The number of pyridine rings is 1. The quantitative estimate of drug-likeness (QED) is 0.874. The van der Waals surface area contributed by atoms with Gasteiger partial charge < -0.3 is 19.7 Å². The lowest BCUT2D eigenvalue weighted by molar-refractivity contribution is 0.0783. The second-order valence-electron chi connectivity index (χ2n) is 6.19. The van der Waals surface area contributed by atoms with Gasteiger partial charge in [-0.2, -0.15) is 9.97 Å². The number of likely N-dealkylation sites (tertiary alicyclic amines) is 1. The highest BCUT2D eigenvalue weighted by molar-refractivity contribution is 5.93. The van der Waals surface area contributed by atoms with Gasteiger partial charge in [-0.25, -0.2) is 0 Å². The van der Waals surface area contributed by atoms with Gasteiger partial charge >= 0.3 is 6.01 Å². The van der Waals surface area contributed by atoms with Gasteiger partial charge in [0.15, 0.2) is 0 Å². The summed E-state index contributed by atoms with van der Waals surface area (Å²) in [5.74, 6) is 0.347. The summed E-state index contributed by atoms with van der Waals surface area (Å²) in [4.78, 5) is 27.5. The summed E-state index contributed by atoms with van der Waals surface area (Å²) in [7, 11) is 4.83. The lowest BCUT2D eigenvalue weighted by Crippen LogP contribution is -2.29. The molecule has 0 radical (unpaired) electrons. The smallest absolute Gasteiger partial charge is 0.320 e. The standard InChI is InChI=1S/C18H23N5O3/c1-11-7-13(19-2)8-14(20-11)12-5-6-23(10-12)17(24)15-9-16(25-3)22-18(21-15)26-4/h7-9,12H,5-6,10H2,1-4H3,(H,19,20)/t12-/m0/s1. The van der Waals surface area contributed by atoms with Crippen molar-refractivity contribution in [3.05, 3.63) is 35.3 Å². The van der Waals surface area contributed by atoms with Crippen LogP contribution in [-0.4, -0.2) is 60.1 Å². The van der Waals surface area contributed by atoms with E-state index >= 15 is 0 Å². The SMILES string of the molecule is CNc1cc(C)nc([C@H]2CCN(C(=O)c3cc(OC)nc(OC)n3)C2)c1. The normalized spacial score (nSPS) is 16.5. The number of aromatic nitrogens is 3. The molecule has 1 saturated heterocycles. The molecule has 3 heterocycles. The first-order valence-electron chi connectivity index (χ1n) is 8.46. The summed E-state index contributed by atoms with van der Waals surface area (Å²) in [5.41, 5.74) is 3.26. The molecular weight excluding hydrogens is 334 g/mol. The zero-order valence-corrected chi connectivity index (χ0v) is 15.4. The van der Waals surface area contributed by atoms with E-state index in [1.54, 1.807) is 4.90 Å². The molecule has 26 heavy (non-hydrogen) atoms. The second-order valence-corrected chi connectivity index (χ2v) is 6.19. The van der Waals surface area contributed by atoms with Crippen molar-refractivity contribution in [2.24, 2.45) is 0 Å². The summed E-state index contributed by atoms with van der Waals surface area (Å²) >= 11 is 0. The summed E-state index contributed by atoms with van der Waals surface area (Å²) in [6.45, 7) is 3.23. The van der Waals surface area contributed by atoms with Crippen molar-refractivity contribution >= 4 is 11.6 Å². The highest BCUT2D eigenvalue weighted by Crippen LogP contribution is 2.29. The number of nitrogens with zero attached hydrogens (tertiary/aromatic N) is 4. The lowest BCUT2D eigenvalue weighted by atomic mass is 10.0. The van der Waals surface area contributed by atoms with Gasteiger partial charge in [0.2, 0.25) is 5.88 Å². The van der Waals surface area contributed by atoms with E-state index in [9.17, 15) is 4.79 Å². The van der Waals surface area contributed by atoms with Crippen LogP contribution in [0.2, 0.25) is 0 Å². The Morgan fingerprint density at radius 3 is 2.69 bits per heavy atom. The molecule has 8 heteroatoms. The maximum atomic E-state index is 12.8. The highest BCUT2D eigenvalue weighted by Gasteiger charge is 2.30. The third kappa shape index (κ3) is 3.68. The van der Waals surface area contributed by atoms with Gasteiger partial charge in [0.05, 0.1) is 14.2 Å². The zero-order valence-electron chi connectivity index (χ0n) is 15.4. The summed E-state index contributed by atoms with van der Waals surface area (Å²) in [6.07, 6.45) is 0.866. The first-order chi connectivity index (χ1) is 12.5. The molecule has 1 N–H and O–H groups in total. The van der Waals surface area contributed by atoms with Crippen LogP contribution in [0, 0.1) is 6.92 Å². The summed E-state index contributed by atoms with van der Waals surface area (Å²) in [6, 6.07) is 5.69. The van der Waals surface area contributed by atoms with Crippen molar-refractivity contribution in [1.29, 1.82) is 0 Å². The number of hydrogen-bond donors (Lipinski definition) is 1. The fourth-order valence-corrected chi connectivity index (χ4v) is 3.11.